The van der Waals surface area contributed by atoms with Crippen LogP contribution >= 0.6 is 0 Å². The van der Waals surface area contributed by atoms with Crippen LogP contribution in [0, 0.1) is 0 Å². The molecular formula is C12H16N2O5. The van der Waals surface area contributed by atoms with Crippen molar-refractivity contribution in [2.24, 2.45) is 0 Å². The van der Waals surface area contributed by atoms with Gasteiger partial charge in [0.25, 0.3) is 0 Å². The molecule has 0 aliphatic heterocycles. The van der Waals surface area contributed by atoms with Gasteiger partial charge >= 0.3 is 12.2 Å². The van der Waals surface area contributed by atoms with E-state index in [4.69, 9.17) is 9.84 Å². The fourth-order valence-electron chi connectivity index (χ4n) is 1.19. The number of nitrogens with one attached hydrogen (secondary N) is 1. The van der Waals surface area contributed by atoms with Crippen molar-refractivity contribution < 1.29 is 24.2 Å². The number of carbonyl (C=O) groups excluding carboxylic acids is 1. The van der Waals surface area contributed by atoms with Gasteiger partial charge in [-0.15, -0.1) is 0 Å². The van der Waals surface area contributed by atoms with Gasteiger partial charge in [0.1, 0.15) is 5.60 Å². The molecule has 1 rings (SSSR count). The largest absolute Gasteiger partial charge is 0.512 e. The molecule has 1 heterocycles. The maximum atomic E-state index is 11.4. The molecule has 19 heavy (non-hydrogen) atoms. The summed E-state index contributed by atoms with van der Waals surface area (Å²) >= 11 is 0. The predicted molar refractivity (Wildman–Crippen MR) is 66.0 cm³/mol. The van der Waals surface area contributed by atoms with E-state index < -0.39 is 17.8 Å². The van der Waals surface area contributed by atoms with Gasteiger partial charge in [-0.25, -0.2) is 14.6 Å². The highest BCUT2D eigenvalue weighted by Crippen LogP contribution is 2.10. The highest BCUT2D eigenvalue weighted by atomic mass is 16.7. The number of nitrogens with zero attached hydrogens (tertiary/aromatic N) is 1. The molecule has 0 saturated carbocycles. The van der Waals surface area contributed by atoms with E-state index >= 15 is 0 Å². The molecule has 0 aliphatic carbocycles. The zero-order valence-electron chi connectivity index (χ0n) is 11.0. The molecule has 0 saturated heterocycles. The third kappa shape index (κ3) is 6.25. The van der Waals surface area contributed by atoms with Crippen LogP contribution in [0.5, 0.6) is 5.88 Å². The Morgan fingerprint density at radius 2 is 2.11 bits per heavy atom. The molecule has 104 valence electrons. The molecule has 0 unspecified atom stereocenters. The second-order valence-electron chi connectivity index (χ2n) is 4.73. The van der Waals surface area contributed by atoms with E-state index in [-0.39, 0.29) is 12.4 Å². The molecule has 1 aromatic rings. The number of hydrogen-bond acceptors (Lipinski definition) is 5. The van der Waals surface area contributed by atoms with E-state index in [1.54, 1.807) is 26.8 Å². The van der Waals surface area contributed by atoms with Crippen LogP contribution in [0.1, 0.15) is 26.3 Å². The van der Waals surface area contributed by atoms with Gasteiger partial charge in [0, 0.05) is 18.8 Å². The fourth-order valence-corrected chi connectivity index (χ4v) is 1.19. The summed E-state index contributed by atoms with van der Waals surface area (Å²) in [7, 11) is 0. The van der Waals surface area contributed by atoms with Crippen LogP contribution in [-0.2, 0) is 11.3 Å². The average Bonchev–Trinajstić information content (AvgIpc) is 2.23. The van der Waals surface area contributed by atoms with Gasteiger partial charge in [-0.05, 0) is 32.4 Å². The lowest BCUT2D eigenvalue weighted by atomic mass is 10.2. The Hall–Kier alpha value is -2.31. The summed E-state index contributed by atoms with van der Waals surface area (Å²) in [6.07, 6.45) is -0.598. The quantitative estimate of drug-likeness (QED) is 0.815. The number of alkyl carbamates (subject to hydrolysis) is 1. The zero-order chi connectivity index (χ0) is 14.5. The van der Waals surface area contributed by atoms with Gasteiger partial charge < -0.3 is 19.9 Å². The van der Waals surface area contributed by atoms with Crippen LogP contribution < -0.4 is 10.1 Å². The number of ether oxygens (including phenoxy) is 2. The highest BCUT2D eigenvalue weighted by Gasteiger charge is 2.15. The first-order valence-corrected chi connectivity index (χ1v) is 5.59. The summed E-state index contributed by atoms with van der Waals surface area (Å²) in [6.45, 7) is 5.47. The van der Waals surface area contributed by atoms with E-state index in [0.717, 1.165) is 0 Å². The van der Waals surface area contributed by atoms with Gasteiger partial charge in [0.15, 0.2) is 0 Å². The van der Waals surface area contributed by atoms with Gasteiger partial charge in [0.05, 0.1) is 0 Å². The molecule has 0 radical (unpaired) electrons. The van der Waals surface area contributed by atoms with E-state index in [1.165, 1.54) is 12.3 Å². The molecule has 0 aliphatic rings. The van der Waals surface area contributed by atoms with Crippen LogP contribution in [0.4, 0.5) is 9.59 Å². The maximum Gasteiger partial charge on any atom is 0.512 e. The summed E-state index contributed by atoms with van der Waals surface area (Å²) in [4.78, 5) is 25.5. The lowest BCUT2D eigenvalue weighted by molar-refractivity contribution is 0.0523. The average molecular weight is 268 g/mol. The normalized spacial score (nSPS) is 10.7. The minimum atomic E-state index is -1.44. The summed E-state index contributed by atoms with van der Waals surface area (Å²) in [6, 6.07) is 3.05. The van der Waals surface area contributed by atoms with Crippen molar-refractivity contribution in [3.05, 3.63) is 23.9 Å². The standard InChI is InChI=1S/C12H16N2O5/c1-12(2,3)19-10(15)14-7-8-4-5-13-9(6-8)18-11(16)17/h4-6H,7H2,1-3H3,(H,14,15)(H,16,17). The number of carbonyl (C=O) groups is 2. The van der Waals surface area contributed by atoms with Crippen LogP contribution in [0.25, 0.3) is 0 Å². The molecular weight excluding hydrogens is 252 g/mol. The van der Waals surface area contributed by atoms with Gasteiger partial charge in [-0.2, -0.15) is 0 Å². The Morgan fingerprint density at radius 3 is 2.68 bits per heavy atom. The summed E-state index contributed by atoms with van der Waals surface area (Å²) in [5.41, 5.74) is 0.0806. The van der Waals surface area contributed by atoms with Crippen molar-refractivity contribution in [2.75, 3.05) is 0 Å². The van der Waals surface area contributed by atoms with Gasteiger partial charge in [-0.3, -0.25) is 0 Å². The highest BCUT2D eigenvalue weighted by molar-refractivity contribution is 5.67. The Kier molecular flexibility index (Phi) is 4.68. The zero-order valence-corrected chi connectivity index (χ0v) is 11.0. The molecule has 7 heteroatoms. The summed E-state index contributed by atoms with van der Waals surface area (Å²) in [5, 5.41) is 11.0. The predicted octanol–water partition coefficient (Wildman–Crippen LogP) is 2.16. The topological polar surface area (TPSA) is 97.8 Å². The third-order valence-corrected chi connectivity index (χ3v) is 1.83. The molecule has 0 spiro atoms. The Balaban J connectivity index is 2.53. The van der Waals surface area contributed by atoms with Crippen molar-refractivity contribution >= 4 is 12.2 Å². The molecule has 7 nitrogen and oxygen atoms in total. The summed E-state index contributed by atoms with van der Waals surface area (Å²) < 4.78 is 9.47. The van der Waals surface area contributed by atoms with Crippen LogP contribution in [0.2, 0.25) is 0 Å². The first-order valence-electron chi connectivity index (χ1n) is 5.59. The van der Waals surface area contributed by atoms with Crippen molar-refractivity contribution in [2.45, 2.75) is 32.9 Å². The first kappa shape index (κ1) is 14.7. The third-order valence-electron chi connectivity index (χ3n) is 1.83. The van der Waals surface area contributed by atoms with Gasteiger partial charge in [0.2, 0.25) is 5.88 Å². The number of amides is 1. The van der Waals surface area contributed by atoms with Crippen LogP contribution in [0.3, 0.4) is 0 Å². The van der Waals surface area contributed by atoms with E-state index in [1.807, 2.05) is 0 Å². The van der Waals surface area contributed by atoms with Crippen LogP contribution in [0.15, 0.2) is 18.3 Å². The molecule has 0 aromatic carbocycles. The smallest absolute Gasteiger partial charge is 0.449 e. The van der Waals surface area contributed by atoms with E-state index in [9.17, 15) is 9.59 Å². The molecule has 1 amide bonds. The number of pyridine rings is 1. The van der Waals surface area contributed by atoms with Crippen molar-refractivity contribution in [1.82, 2.24) is 10.3 Å². The molecule has 0 fully saturated rings. The van der Waals surface area contributed by atoms with Crippen molar-refractivity contribution in [3.8, 4) is 5.88 Å². The molecule has 2 N–H and O–H groups in total. The number of carboxylic acid groups (broad SMARTS) is 1. The molecule has 0 bridgehead atoms. The van der Waals surface area contributed by atoms with Gasteiger partial charge in [-0.1, -0.05) is 0 Å². The fraction of sp³-hybridized carbons (Fsp3) is 0.417. The SMILES string of the molecule is CC(C)(C)OC(=O)NCc1ccnc(OC(=O)O)c1. The van der Waals surface area contributed by atoms with Crippen LogP contribution in [-0.4, -0.2) is 27.9 Å². The Bertz CT molecular complexity index is 467. The number of hydrogen-bond donors (Lipinski definition) is 2. The number of rotatable bonds is 3. The lowest BCUT2D eigenvalue weighted by Gasteiger charge is -2.19. The second kappa shape index (κ2) is 6.03. The van der Waals surface area contributed by atoms with Crippen molar-refractivity contribution in [1.29, 1.82) is 0 Å². The maximum absolute atomic E-state index is 11.4. The summed E-state index contributed by atoms with van der Waals surface area (Å²) in [5.74, 6) is -0.0454. The van der Waals surface area contributed by atoms with E-state index in [2.05, 4.69) is 15.0 Å². The number of aromatic nitrogens is 1. The lowest BCUT2D eigenvalue weighted by Crippen LogP contribution is -2.32. The van der Waals surface area contributed by atoms with E-state index in [0.29, 0.717) is 5.56 Å². The molecule has 0 atom stereocenters. The minimum Gasteiger partial charge on any atom is -0.449 e. The van der Waals surface area contributed by atoms with Crippen molar-refractivity contribution in [3.63, 3.8) is 0 Å². The monoisotopic (exact) mass is 268 g/mol. The first-order chi connectivity index (χ1) is 8.76. The Morgan fingerprint density at radius 1 is 1.42 bits per heavy atom. The Labute approximate surface area is 110 Å². The second-order valence-corrected chi connectivity index (χ2v) is 4.73. The minimum absolute atomic E-state index is 0.0454. The molecule has 1 aromatic heterocycles.